The SMILES string of the molecule is CC(=O)Nc1ccc(C2N=C(N)N=C(N)N2CCc2ccccc2)cc1. The van der Waals surface area contributed by atoms with E-state index in [1.807, 2.05) is 47.4 Å². The van der Waals surface area contributed by atoms with Crippen LogP contribution in [0.2, 0.25) is 0 Å². The van der Waals surface area contributed by atoms with E-state index in [1.54, 1.807) is 0 Å². The summed E-state index contributed by atoms with van der Waals surface area (Å²) in [6.45, 7) is 2.14. The van der Waals surface area contributed by atoms with Crippen LogP contribution in [0.15, 0.2) is 64.6 Å². The van der Waals surface area contributed by atoms with E-state index in [-0.39, 0.29) is 18.0 Å². The number of hydrogen-bond acceptors (Lipinski definition) is 6. The van der Waals surface area contributed by atoms with Crippen LogP contribution >= 0.6 is 0 Å². The van der Waals surface area contributed by atoms with Crippen LogP contribution in [0.5, 0.6) is 0 Å². The van der Waals surface area contributed by atoms with E-state index >= 15 is 0 Å². The van der Waals surface area contributed by atoms with E-state index in [2.05, 4.69) is 27.4 Å². The van der Waals surface area contributed by atoms with Gasteiger partial charge >= 0.3 is 0 Å². The van der Waals surface area contributed by atoms with Crippen molar-refractivity contribution in [2.75, 3.05) is 11.9 Å². The smallest absolute Gasteiger partial charge is 0.221 e. The first kappa shape index (κ1) is 17.5. The van der Waals surface area contributed by atoms with Crippen LogP contribution in [0.3, 0.4) is 0 Å². The quantitative estimate of drug-likeness (QED) is 0.764. The van der Waals surface area contributed by atoms with Crippen LogP contribution in [-0.2, 0) is 11.2 Å². The van der Waals surface area contributed by atoms with Gasteiger partial charge in [0.15, 0.2) is 6.17 Å². The van der Waals surface area contributed by atoms with Crippen molar-refractivity contribution in [3.8, 4) is 0 Å². The Labute approximate surface area is 152 Å². The number of nitrogens with one attached hydrogen (secondary N) is 1. The average Bonchev–Trinajstić information content (AvgIpc) is 2.61. The third-order valence-electron chi connectivity index (χ3n) is 4.09. The number of nitrogens with zero attached hydrogens (tertiary/aromatic N) is 3. The molecule has 2 aromatic rings. The van der Waals surface area contributed by atoms with Gasteiger partial charge in [-0.25, -0.2) is 4.99 Å². The molecule has 0 aromatic heterocycles. The monoisotopic (exact) mass is 350 g/mol. The Balaban J connectivity index is 1.80. The minimum absolute atomic E-state index is 0.112. The maximum atomic E-state index is 11.2. The second-order valence-electron chi connectivity index (χ2n) is 6.06. The highest BCUT2D eigenvalue weighted by Crippen LogP contribution is 2.26. The first-order valence-electron chi connectivity index (χ1n) is 8.38. The summed E-state index contributed by atoms with van der Waals surface area (Å²) < 4.78 is 0. The van der Waals surface area contributed by atoms with Gasteiger partial charge in [0.05, 0.1) is 0 Å². The molecule has 2 aromatic carbocycles. The highest BCUT2D eigenvalue weighted by Gasteiger charge is 2.25. The van der Waals surface area contributed by atoms with E-state index < -0.39 is 0 Å². The van der Waals surface area contributed by atoms with Crippen LogP contribution < -0.4 is 16.8 Å². The van der Waals surface area contributed by atoms with Gasteiger partial charge in [-0.05, 0) is 29.7 Å². The fourth-order valence-electron chi connectivity index (χ4n) is 2.86. The predicted molar refractivity (Wildman–Crippen MR) is 104 cm³/mol. The molecule has 0 saturated carbocycles. The molecule has 1 heterocycles. The lowest BCUT2D eigenvalue weighted by molar-refractivity contribution is -0.114. The van der Waals surface area contributed by atoms with E-state index in [9.17, 15) is 4.79 Å². The zero-order valence-corrected chi connectivity index (χ0v) is 14.6. The van der Waals surface area contributed by atoms with Crippen molar-refractivity contribution in [3.05, 3.63) is 65.7 Å². The van der Waals surface area contributed by atoms with Crippen LogP contribution in [0.1, 0.15) is 24.2 Å². The summed E-state index contributed by atoms with van der Waals surface area (Å²) >= 11 is 0. The summed E-state index contributed by atoms with van der Waals surface area (Å²) in [5.74, 6) is 0.400. The summed E-state index contributed by atoms with van der Waals surface area (Å²) in [5, 5.41) is 2.75. The highest BCUT2D eigenvalue weighted by atomic mass is 16.1. The molecule has 0 saturated heterocycles. The van der Waals surface area contributed by atoms with E-state index in [0.29, 0.717) is 12.5 Å². The van der Waals surface area contributed by atoms with Gasteiger partial charge in [0.1, 0.15) is 0 Å². The normalized spacial score (nSPS) is 16.7. The van der Waals surface area contributed by atoms with Crippen molar-refractivity contribution >= 4 is 23.5 Å². The topological polar surface area (TPSA) is 109 Å². The van der Waals surface area contributed by atoms with Gasteiger partial charge in [-0.1, -0.05) is 42.5 Å². The number of rotatable bonds is 5. The highest BCUT2D eigenvalue weighted by molar-refractivity contribution is 5.95. The molecule has 7 heteroatoms. The molecule has 26 heavy (non-hydrogen) atoms. The predicted octanol–water partition coefficient (Wildman–Crippen LogP) is 1.83. The lowest BCUT2D eigenvalue weighted by atomic mass is 10.1. The second kappa shape index (κ2) is 7.69. The molecule has 1 aliphatic heterocycles. The molecule has 0 bridgehead atoms. The largest absolute Gasteiger partial charge is 0.369 e. The zero-order valence-electron chi connectivity index (χ0n) is 14.6. The standard InChI is InChI=1S/C19H22N6O/c1-13(26)22-16-9-7-15(8-10-16)17-23-18(20)24-19(21)25(17)12-11-14-5-3-2-4-6-14/h2-10,17H,11-12H2,1H3,(H,22,26)(H4,20,21,23,24). The van der Waals surface area contributed by atoms with Gasteiger partial charge in [-0.2, -0.15) is 4.99 Å². The lowest BCUT2D eigenvalue weighted by Gasteiger charge is -2.32. The Hall–Kier alpha value is -3.35. The molecule has 1 amide bonds. The van der Waals surface area contributed by atoms with Gasteiger partial charge in [-0.15, -0.1) is 0 Å². The van der Waals surface area contributed by atoms with E-state index in [4.69, 9.17) is 11.5 Å². The molecule has 1 atom stereocenters. The third kappa shape index (κ3) is 4.18. The Bertz CT molecular complexity index is 829. The van der Waals surface area contributed by atoms with Crippen LogP contribution in [-0.4, -0.2) is 29.3 Å². The van der Waals surface area contributed by atoms with Crippen molar-refractivity contribution in [1.29, 1.82) is 0 Å². The number of carbonyl (C=O) groups is 1. The average molecular weight is 350 g/mol. The number of nitrogens with two attached hydrogens (primary N) is 2. The number of amides is 1. The first-order chi connectivity index (χ1) is 12.5. The van der Waals surface area contributed by atoms with Gasteiger partial charge in [0, 0.05) is 19.2 Å². The fourth-order valence-corrected chi connectivity index (χ4v) is 2.86. The molecule has 0 spiro atoms. The molecule has 1 unspecified atom stereocenters. The maximum absolute atomic E-state index is 11.2. The van der Waals surface area contributed by atoms with E-state index in [1.165, 1.54) is 12.5 Å². The van der Waals surface area contributed by atoms with Crippen molar-refractivity contribution in [1.82, 2.24) is 4.90 Å². The Morgan fingerprint density at radius 1 is 1.12 bits per heavy atom. The second-order valence-corrected chi connectivity index (χ2v) is 6.06. The molecule has 0 fully saturated rings. The summed E-state index contributed by atoms with van der Waals surface area (Å²) in [5.41, 5.74) is 14.8. The third-order valence-corrected chi connectivity index (χ3v) is 4.09. The van der Waals surface area contributed by atoms with Crippen molar-refractivity contribution < 1.29 is 4.79 Å². The van der Waals surface area contributed by atoms with Crippen molar-refractivity contribution in [3.63, 3.8) is 0 Å². The zero-order chi connectivity index (χ0) is 18.5. The number of guanidine groups is 2. The summed E-state index contributed by atoms with van der Waals surface area (Å²) in [6, 6.07) is 17.6. The van der Waals surface area contributed by atoms with Crippen LogP contribution in [0.4, 0.5) is 5.69 Å². The van der Waals surface area contributed by atoms with Gasteiger partial charge in [-0.3, -0.25) is 4.79 Å². The lowest BCUT2D eigenvalue weighted by Crippen LogP contribution is -2.45. The number of hydrogen-bond donors (Lipinski definition) is 3. The molecule has 5 N–H and O–H groups in total. The number of benzene rings is 2. The van der Waals surface area contributed by atoms with E-state index in [0.717, 1.165) is 17.7 Å². The molecule has 0 radical (unpaired) electrons. The number of anilines is 1. The van der Waals surface area contributed by atoms with Crippen molar-refractivity contribution in [2.24, 2.45) is 21.5 Å². The Kier molecular flexibility index (Phi) is 5.17. The minimum atomic E-state index is -0.345. The number of carbonyl (C=O) groups excluding carboxylic acids is 1. The minimum Gasteiger partial charge on any atom is -0.369 e. The molecule has 0 aliphatic carbocycles. The summed E-state index contributed by atoms with van der Waals surface area (Å²) in [7, 11) is 0. The summed E-state index contributed by atoms with van der Waals surface area (Å²) in [4.78, 5) is 21.6. The first-order valence-corrected chi connectivity index (χ1v) is 8.38. The van der Waals surface area contributed by atoms with Gasteiger partial charge in [0.25, 0.3) is 0 Å². The maximum Gasteiger partial charge on any atom is 0.221 e. The molecular formula is C19H22N6O. The van der Waals surface area contributed by atoms with Gasteiger partial charge in [0.2, 0.25) is 17.8 Å². The Morgan fingerprint density at radius 3 is 2.46 bits per heavy atom. The fraction of sp³-hybridized carbons (Fsp3) is 0.211. The molecule has 7 nitrogen and oxygen atoms in total. The molecule has 134 valence electrons. The molecular weight excluding hydrogens is 328 g/mol. The molecule has 1 aliphatic rings. The number of aliphatic imine (C=N–C) groups is 2. The van der Waals surface area contributed by atoms with Crippen LogP contribution in [0.25, 0.3) is 0 Å². The van der Waals surface area contributed by atoms with Crippen LogP contribution in [0, 0.1) is 0 Å². The summed E-state index contributed by atoms with van der Waals surface area (Å²) in [6.07, 6.45) is 0.468. The Morgan fingerprint density at radius 2 is 1.81 bits per heavy atom. The van der Waals surface area contributed by atoms with Crippen molar-refractivity contribution in [2.45, 2.75) is 19.5 Å². The molecule has 3 rings (SSSR count). The van der Waals surface area contributed by atoms with Gasteiger partial charge < -0.3 is 21.7 Å².